The van der Waals surface area contributed by atoms with Crippen molar-refractivity contribution < 1.29 is 9.53 Å². The monoisotopic (exact) mass is 556 g/mol. The number of benzene rings is 1. The van der Waals surface area contributed by atoms with Crippen LogP contribution in [0.2, 0.25) is 0 Å². The molecule has 170 valence electrons. The van der Waals surface area contributed by atoms with Crippen LogP contribution in [0.1, 0.15) is 41.6 Å². The number of carbonyl (C=O) groups excluding carboxylic acids is 1. The normalized spacial score (nSPS) is 18.9. The first kappa shape index (κ1) is 25.6. The molecule has 0 saturated carbocycles. The molecule has 8 heteroatoms. The molecule has 2 N–H and O–H groups in total. The fourth-order valence-corrected chi connectivity index (χ4v) is 4.26. The highest BCUT2D eigenvalue weighted by atomic mass is 127. The van der Waals surface area contributed by atoms with Gasteiger partial charge in [0.1, 0.15) is 0 Å². The maximum Gasteiger partial charge on any atom is 0.254 e. The summed E-state index contributed by atoms with van der Waals surface area (Å²) in [5.74, 6) is 0.876. The second-order valence-electron chi connectivity index (χ2n) is 7.62. The van der Waals surface area contributed by atoms with E-state index in [1.807, 2.05) is 43.0 Å². The van der Waals surface area contributed by atoms with Gasteiger partial charge in [-0.25, -0.2) is 4.99 Å². The molecule has 2 aromatic rings. The van der Waals surface area contributed by atoms with Gasteiger partial charge in [0.15, 0.2) is 5.96 Å². The van der Waals surface area contributed by atoms with Crippen molar-refractivity contribution in [3.8, 4) is 0 Å². The highest BCUT2D eigenvalue weighted by Gasteiger charge is 2.26. The van der Waals surface area contributed by atoms with E-state index in [4.69, 9.17) is 4.74 Å². The molecule has 0 spiro atoms. The molecular weight excluding hydrogens is 523 g/mol. The van der Waals surface area contributed by atoms with Gasteiger partial charge >= 0.3 is 0 Å². The van der Waals surface area contributed by atoms with Crippen molar-refractivity contribution in [3.05, 3.63) is 57.8 Å². The number of halogens is 1. The first-order chi connectivity index (χ1) is 14.5. The minimum absolute atomic E-state index is 0. The Hall–Kier alpha value is -1.65. The van der Waals surface area contributed by atoms with E-state index in [1.165, 1.54) is 4.88 Å². The van der Waals surface area contributed by atoms with Gasteiger partial charge in [0, 0.05) is 36.6 Å². The Morgan fingerprint density at radius 1 is 1.16 bits per heavy atom. The van der Waals surface area contributed by atoms with E-state index < -0.39 is 0 Å². The predicted molar refractivity (Wildman–Crippen MR) is 139 cm³/mol. The van der Waals surface area contributed by atoms with E-state index >= 15 is 0 Å². The Labute approximate surface area is 206 Å². The van der Waals surface area contributed by atoms with Gasteiger partial charge in [-0.15, -0.1) is 35.3 Å². The van der Waals surface area contributed by atoms with Crippen LogP contribution in [0.15, 0.2) is 46.8 Å². The van der Waals surface area contributed by atoms with E-state index in [2.05, 4.69) is 40.1 Å². The molecule has 0 bridgehead atoms. The van der Waals surface area contributed by atoms with Crippen molar-refractivity contribution in [2.75, 3.05) is 26.2 Å². The molecule has 1 saturated heterocycles. The van der Waals surface area contributed by atoms with Crippen molar-refractivity contribution in [3.63, 3.8) is 0 Å². The topological polar surface area (TPSA) is 66.0 Å². The summed E-state index contributed by atoms with van der Waals surface area (Å²) in [5, 5.41) is 8.77. The lowest BCUT2D eigenvalue weighted by Crippen LogP contribution is -2.48. The van der Waals surface area contributed by atoms with Gasteiger partial charge in [-0.05, 0) is 56.3 Å². The molecule has 0 aliphatic carbocycles. The Morgan fingerprint density at radius 2 is 1.87 bits per heavy atom. The molecule has 3 rings (SSSR count). The molecule has 1 aromatic carbocycles. The van der Waals surface area contributed by atoms with Crippen LogP contribution in [0.25, 0.3) is 0 Å². The van der Waals surface area contributed by atoms with Gasteiger partial charge in [0.2, 0.25) is 0 Å². The van der Waals surface area contributed by atoms with E-state index in [0.29, 0.717) is 25.2 Å². The van der Waals surface area contributed by atoms with E-state index in [9.17, 15) is 4.79 Å². The van der Waals surface area contributed by atoms with Crippen LogP contribution in [0, 0.1) is 0 Å². The number of rotatable bonds is 7. The zero-order chi connectivity index (χ0) is 21.3. The van der Waals surface area contributed by atoms with E-state index in [-0.39, 0.29) is 42.1 Å². The highest BCUT2D eigenvalue weighted by Crippen LogP contribution is 2.15. The quantitative estimate of drug-likeness (QED) is 0.309. The third kappa shape index (κ3) is 8.08. The minimum Gasteiger partial charge on any atom is -0.372 e. The Morgan fingerprint density at radius 3 is 2.48 bits per heavy atom. The molecule has 1 aliphatic heterocycles. The maximum absolute atomic E-state index is 12.8. The zero-order valence-corrected chi connectivity index (χ0v) is 21.6. The van der Waals surface area contributed by atoms with Crippen LogP contribution in [-0.2, 0) is 17.7 Å². The summed E-state index contributed by atoms with van der Waals surface area (Å²) in [5.41, 5.74) is 1.79. The summed E-state index contributed by atoms with van der Waals surface area (Å²) >= 11 is 1.77. The average Bonchev–Trinajstić information content (AvgIpc) is 3.25. The Kier molecular flexibility index (Phi) is 10.8. The standard InChI is InChI=1S/C23H32N4O2S.HI/c1-4-24-23(25-12-11-21-6-5-13-30-21)26-14-19-7-9-20(10-8-19)22(28)27-15-17(2)29-18(3)16-27;/h5-10,13,17-18H,4,11-12,14-16H2,1-3H3,(H2,24,25,26);1H. The number of hydrogen-bond donors (Lipinski definition) is 2. The van der Waals surface area contributed by atoms with Crippen molar-refractivity contribution in [1.29, 1.82) is 0 Å². The van der Waals surface area contributed by atoms with Crippen LogP contribution in [0.5, 0.6) is 0 Å². The molecule has 1 amide bonds. The average molecular weight is 557 g/mol. The number of morpholine rings is 1. The summed E-state index contributed by atoms with van der Waals surface area (Å²) in [4.78, 5) is 20.7. The maximum atomic E-state index is 12.8. The number of nitrogens with zero attached hydrogens (tertiary/aromatic N) is 2. The first-order valence-corrected chi connectivity index (χ1v) is 11.5. The lowest BCUT2D eigenvalue weighted by molar-refractivity contribution is -0.0586. The number of guanidine groups is 1. The minimum atomic E-state index is 0. The number of ether oxygens (including phenoxy) is 1. The largest absolute Gasteiger partial charge is 0.372 e. The zero-order valence-electron chi connectivity index (χ0n) is 18.5. The summed E-state index contributed by atoms with van der Waals surface area (Å²) in [6.45, 7) is 9.57. The number of aliphatic imine (C=N–C) groups is 1. The number of nitrogens with one attached hydrogen (secondary N) is 2. The third-order valence-corrected chi connectivity index (χ3v) is 5.85. The van der Waals surface area contributed by atoms with Gasteiger partial charge in [-0.3, -0.25) is 4.79 Å². The third-order valence-electron chi connectivity index (χ3n) is 4.92. The molecule has 1 fully saturated rings. The molecule has 2 heterocycles. The number of amides is 1. The van der Waals surface area contributed by atoms with Crippen LogP contribution in [-0.4, -0.2) is 55.2 Å². The molecule has 0 radical (unpaired) electrons. The lowest BCUT2D eigenvalue weighted by Gasteiger charge is -2.35. The van der Waals surface area contributed by atoms with Crippen LogP contribution < -0.4 is 10.6 Å². The van der Waals surface area contributed by atoms with Crippen molar-refractivity contribution in [1.82, 2.24) is 15.5 Å². The molecule has 2 atom stereocenters. The van der Waals surface area contributed by atoms with Crippen LogP contribution >= 0.6 is 35.3 Å². The molecular formula is C23H33IN4O2S. The van der Waals surface area contributed by atoms with Gasteiger partial charge in [0.05, 0.1) is 18.8 Å². The van der Waals surface area contributed by atoms with Crippen molar-refractivity contribution >= 4 is 47.2 Å². The smallest absolute Gasteiger partial charge is 0.254 e. The van der Waals surface area contributed by atoms with E-state index in [0.717, 1.165) is 31.0 Å². The molecule has 2 unspecified atom stereocenters. The predicted octanol–water partition coefficient (Wildman–Crippen LogP) is 3.91. The highest BCUT2D eigenvalue weighted by molar-refractivity contribution is 14.0. The molecule has 1 aliphatic rings. The Balaban J connectivity index is 0.00000341. The van der Waals surface area contributed by atoms with Gasteiger partial charge < -0.3 is 20.3 Å². The summed E-state index contributed by atoms with van der Waals surface area (Å²) in [6.07, 6.45) is 1.13. The summed E-state index contributed by atoms with van der Waals surface area (Å²) in [6, 6.07) is 12.0. The van der Waals surface area contributed by atoms with Crippen molar-refractivity contribution in [2.24, 2.45) is 4.99 Å². The fourth-order valence-electron chi connectivity index (χ4n) is 3.55. The van der Waals surface area contributed by atoms with Gasteiger partial charge in [-0.2, -0.15) is 0 Å². The second kappa shape index (κ2) is 13.0. The fraction of sp³-hybridized carbons (Fsp3) is 0.478. The summed E-state index contributed by atoms with van der Waals surface area (Å²) < 4.78 is 5.72. The van der Waals surface area contributed by atoms with Gasteiger partial charge in [0.25, 0.3) is 5.91 Å². The molecule has 1 aromatic heterocycles. The SMILES string of the molecule is CCNC(=NCc1ccc(C(=O)N2CC(C)OC(C)C2)cc1)NCCc1cccs1.I. The second-order valence-corrected chi connectivity index (χ2v) is 8.65. The lowest BCUT2D eigenvalue weighted by atomic mass is 10.1. The Bertz CT molecular complexity index is 817. The van der Waals surface area contributed by atoms with Gasteiger partial charge in [-0.1, -0.05) is 18.2 Å². The summed E-state index contributed by atoms with van der Waals surface area (Å²) in [7, 11) is 0. The van der Waals surface area contributed by atoms with Crippen LogP contribution in [0.4, 0.5) is 0 Å². The van der Waals surface area contributed by atoms with E-state index in [1.54, 1.807) is 11.3 Å². The number of hydrogen-bond acceptors (Lipinski definition) is 4. The first-order valence-electron chi connectivity index (χ1n) is 10.6. The van der Waals surface area contributed by atoms with Crippen LogP contribution in [0.3, 0.4) is 0 Å². The number of thiophene rings is 1. The molecule has 6 nitrogen and oxygen atoms in total. The van der Waals surface area contributed by atoms with Crippen molar-refractivity contribution in [2.45, 2.75) is 45.9 Å². The molecule has 31 heavy (non-hydrogen) atoms. The number of carbonyl (C=O) groups is 1.